The van der Waals surface area contributed by atoms with Crippen LogP contribution in [0.3, 0.4) is 0 Å². The number of carbonyl (C=O) groups is 1. The lowest BCUT2D eigenvalue weighted by atomic mass is 9.98. The number of hydrogen-bond acceptors (Lipinski definition) is 9. The van der Waals surface area contributed by atoms with Crippen molar-refractivity contribution in [1.82, 2.24) is 0 Å². The van der Waals surface area contributed by atoms with Crippen LogP contribution in [-0.4, -0.2) is 55.2 Å². The van der Waals surface area contributed by atoms with Crippen molar-refractivity contribution in [3.8, 4) is 34.5 Å². The second-order valence-electron chi connectivity index (χ2n) is 6.70. The maximum absolute atomic E-state index is 12.6. The first-order valence-corrected chi connectivity index (χ1v) is 10.1. The van der Waals surface area contributed by atoms with Crippen molar-refractivity contribution in [3.63, 3.8) is 0 Å². The number of ether oxygens (including phenoxy) is 7. The van der Waals surface area contributed by atoms with Crippen molar-refractivity contribution in [2.75, 3.05) is 54.6 Å². The first-order valence-electron chi connectivity index (χ1n) is 10.1. The van der Waals surface area contributed by atoms with Gasteiger partial charge in [-0.2, -0.15) is 0 Å². The van der Waals surface area contributed by atoms with Gasteiger partial charge >= 0.3 is 5.97 Å². The van der Waals surface area contributed by atoms with Crippen LogP contribution in [0.15, 0.2) is 36.4 Å². The minimum absolute atomic E-state index is 0.180. The van der Waals surface area contributed by atoms with Crippen molar-refractivity contribution in [3.05, 3.63) is 42.0 Å². The van der Waals surface area contributed by atoms with Crippen LogP contribution in [0.5, 0.6) is 34.5 Å². The summed E-state index contributed by atoms with van der Waals surface area (Å²) in [5.41, 5.74) is 1.41. The van der Waals surface area contributed by atoms with E-state index in [1.54, 1.807) is 31.2 Å². The van der Waals surface area contributed by atoms with Crippen LogP contribution in [0.4, 0.5) is 5.69 Å². The summed E-state index contributed by atoms with van der Waals surface area (Å²) in [6.45, 7) is 5.92. The summed E-state index contributed by atoms with van der Waals surface area (Å²) in [6.07, 6.45) is 0. The largest absolute Gasteiger partial charge is 0.493 e. The van der Waals surface area contributed by atoms with Crippen molar-refractivity contribution in [2.45, 2.75) is 13.0 Å². The normalized spacial score (nSPS) is 11.1. The van der Waals surface area contributed by atoms with Gasteiger partial charge in [0.15, 0.2) is 23.0 Å². The number of anilines is 1. The fraction of sp³-hybridized carbons (Fsp3) is 0.375. The van der Waals surface area contributed by atoms with Gasteiger partial charge in [-0.15, -0.1) is 0 Å². The molecule has 2 aromatic carbocycles. The maximum atomic E-state index is 12.6. The summed E-state index contributed by atoms with van der Waals surface area (Å²) in [5.74, 6) is 2.09. The standard InChI is InChI=1S/C24H31NO8/c1-9-33-24(26)14(2)21(15-10-17(27-3)22(31-7)18(11-15)28-4)25-16-12-19(29-5)23(32-8)20(13-16)30-6/h10-13,21,25H,2,9H2,1,3-8H3. The van der Waals surface area contributed by atoms with Crippen LogP contribution in [0.25, 0.3) is 0 Å². The van der Waals surface area contributed by atoms with Gasteiger partial charge in [-0.05, 0) is 24.6 Å². The quantitative estimate of drug-likeness (QED) is 0.372. The maximum Gasteiger partial charge on any atom is 0.335 e. The van der Waals surface area contributed by atoms with E-state index in [4.69, 9.17) is 33.2 Å². The number of hydrogen-bond donors (Lipinski definition) is 1. The van der Waals surface area contributed by atoms with Crippen LogP contribution < -0.4 is 33.7 Å². The lowest BCUT2D eigenvalue weighted by Gasteiger charge is -2.24. The number of methoxy groups -OCH3 is 6. The summed E-state index contributed by atoms with van der Waals surface area (Å²) in [6, 6.07) is 6.22. The molecule has 9 nitrogen and oxygen atoms in total. The summed E-state index contributed by atoms with van der Waals surface area (Å²) in [7, 11) is 9.12. The van der Waals surface area contributed by atoms with Crippen molar-refractivity contribution in [2.24, 2.45) is 0 Å². The molecular formula is C24H31NO8. The van der Waals surface area contributed by atoms with Gasteiger partial charge in [0.25, 0.3) is 0 Å². The van der Waals surface area contributed by atoms with Crippen molar-refractivity contribution in [1.29, 1.82) is 0 Å². The lowest BCUT2D eigenvalue weighted by Crippen LogP contribution is -2.20. The number of nitrogens with one attached hydrogen (secondary N) is 1. The molecule has 9 heteroatoms. The van der Waals surface area contributed by atoms with E-state index in [-0.39, 0.29) is 12.2 Å². The molecule has 1 atom stereocenters. The molecule has 0 heterocycles. The summed E-state index contributed by atoms with van der Waals surface area (Å²) < 4.78 is 37.8. The third-order valence-corrected chi connectivity index (χ3v) is 4.88. The highest BCUT2D eigenvalue weighted by Gasteiger charge is 2.26. The smallest absolute Gasteiger partial charge is 0.335 e. The second-order valence-corrected chi connectivity index (χ2v) is 6.70. The third kappa shape index (κ3) is 5.54. The van der Waals surface area contributed by atoms with E-state index in [1.807, 2.05) is 0 Å². The third-order valence-electron chi connectivity index (χ3n) is 4.88. The average molecular weight is 462 g/mol. The average Bonchev–Trinajstić information content (AvgIpc) is 2.85. The minimum Gasteiger partial charge on any atom is -0.493 e. The van der Waals surface area contributed by atoms with Gasteiger partial charge in [0.2, 0.25) is 11.5 Å². The molecule has 1 unspecified atom stereocenters. The van der Waals surface area contributed by atoms with Gasteiger partial charge in [-0.25, -0.2) is 4.79 Å². The Bertz CT molecular complexity index is 938. The Balaban J connectivity index is 2.64. The first kappa shape index (κ1) is 25.5. The van der Waals surface area contributed by atoms with Gasteiger partial charge in [0, 0.05) is 17.8 Å². The molecule has 0 aliphatic carbocycles. The van der Waals surface area contributed by atoms with Crippen LogP contribution in [0.2, 0.25) is 0 Å². The number of benzene rings is 2. The predicted octanol–water partition coefficient (Wildman–Crippen LogP) is 4.01. The van der Waals surface area contributed by atoms with Crippen LogP contribution in [-0.2, 0) is 9.53 Å². The molecule has 180 valence electrons. The fourth-order valence-corrected chi connectivity index (χ4v) is 3.31. The fourth-order valence-electron chi connectivity index (χ4n) is 3.31. The zero-order valence-electron chi connectivity index (χ0n) is 20.1. The van der Waals surface area contributed by atoms with Gasteiger partial charge in [0.1, 0.15) is 0 Å². The summed E-state index contributed by atoms with van der Waals surface area (Å²) >= 11 is 0. The molecule has 0 spiro atoms. The minimum atomic E-state index is -0.708. The van der Waals surface area contributed by atoms with E-state index in [0.717, 1.165) is 0 Å². The molecule has 0 aliphatic heterocycles. The van der Waals surface area contributed by atoms with E-state index in [2.05, 4.69) is 11.9 Å². The highest BCUT2D eigenvalue weighted by molar-refractivity contribution is 5.90. The Morgan fingerprint density at radius 3 is 1.58 bits per heavy atom. The highest BCUT2D eigenvalue weighted by atomic mass is 16.5. The predicted molar refractivity (Wildman–Crippen MR) is 124 cm³/mol. The molecule has 0 saturated carbocycles. The zero-order valence-corrected chi connectivity index (χ0v) is 20.1. The van der Waals surface area contributed by atoms with E-state index in [9.17, 15) is 4.79 Å². The molecule has 0 amide bonds. The summed E-state index contributed by atoms with van der Waals surface area (Å²) in [4.78, 5) is 12.6. The Morgan fingerprint density at radius 2 is 1.21 bits per heavy atom. The van der Waals surface area contributed by atoms with Gasteiger partial charge in [-0.3, -0.25) is 0 Å². The molecule has 0 saturated heterocycles. The molecule has 2 aromatic rings. The Hall–Kier alpha value is -3.75. The molecule has 0 aromatic heterocycles. The van der Waals surface area contributed by atoms with E-state index in [1.165, 1.54) is 42.7 Å². The molecule has 33 heavy (non-hydrogen) atoms. The van der Waals surface area contributed by atoms with Crippen molar-refractivity contribution >= 4 is 11.7 Å². The Labute approximate surface area is 194 Å². The zero-order chi connectivity index (χ0) is 24.5. The summed E-state index contributed by atoms with van der Waals surface area (Å²) in [5, 5.41) is 3.31. The van der Waals surface area contributed by atoms with Crippen molar-refractivity contribution < 1.29 is 38.0 Å². The van der Waals surface area contributed by atoms with E-state index >= 15 is 0 Å². The second kappa shape index (κ2) is 11.8. The van der Waals surface area contributed by atoms with Gasteiger partial charge < -0.3 is 38.5 Å². The molecule has 0 radical (unpaired) electrons. The molecule has 0 aliphatic rings. The molecular weight excluding hydrogens is 430 g/mol. The van der Waals surface area contributed by atoms with Crippen LogP contribution >= 0.6 is 0 Å². The highest BCUT2D eigenvalue weighted by Crippen LogP contribution is 2.44. The van der Waals surface area contributed by atoms with Crippen LogP contribution in [0, 0.1) is 0 Å². The molecule has 2 rings (SSSR count). The topological polar surface area (TPSA) is 93.7 Å². The first-order chi connectivity index (χ1) is 15.9. The lowest BCUT2D eigenvalue weighted by molar-refractivity contribution is -0.138. The van der Waals surface area contributed by atoms with Crippen LogP contribution in [0.1, 0.15) is 18.5 Å². The Kier molecular flexibility index (Phi) is 9.08. The van der Waals surface area contributed by atoms with Gasteiger partial charge in [-0.1, -0.05) is 6.58 Å². The number of rotatable bonds is 12. The van der Waals surface area contributed by atoms with E-state index in [0.29, 0.717) is 45.7 Å². The SMILES string of the molecule is C=C(C(=O)OCC)C(Nc1cc(OC)c(OC)c(OC)c1)c1cc(OC)c(OC)c(OC)c1. The Morgan fingerprint density at radius 1 is 0.788 bits per heavy atom. The van der Waals surface area contributed by atoms with Gasteiger partial charge in [0.05, 0.1) is 60.9 Å². The molecule has 1 N–H and O–H groups in total. The molecule has 0 bridgehead atoms. The number of esters is 1. The van der Waals surface area contributed by atoms with E-state index < -0.39 is 12.0 Å². The monoisotopic (exact) mass is 461 g/mol. The molecule has 0 fully saturated rings. The number of carbonyl (C=O) groups excluding carboxylic acids is 1.